The molecule has 1 N–H and O–H groups in total. The third-order valence-corrected chi connectivity index (χ3v) is 1.50. The quantitative estimate of drug-likeness (QED) is 0.625. The zero-order valence-electron chi connectivity index (χ0n) is 6.13. The maximum atomic E-state index is 8.67. The van der Waals surface area contributed by atoms with E-state index < -0.39 is 0 Å². The SMILES string of the molecule is CCC1=CC=C(CO)CO1. The highest BCUT2D eigenvalue weighted by molar-refractivity contribution is 5.19. The highest BCUT2D eigenvalue weighted by atomic mass is 16.5. The Morgan fingerprint density at radius 3 is 2.80 bits per heavy atom. The molecule has 0 spiro atoms. The first kappa shape index (κ1) is 7.35. The van der Waals surface area contributed by atoms with Crippen LogP contribution in [0.3, 0.4) is 0 Å². The van der Waals surface area contributed by atoms with Gasteiger partial charge in [-0.15, -0.1) is 0 Å². The Kier molecular flexibility index (Phi) is 2.51. The molecule has 10 heavy (non-hydrogen) atoms. The van der Waals surface area contributed by atoms with Crippen LogP contribution in [0.25, 0.3) is 0 Å². The molecule has 0 radical (unpaired) electrons. The summed E-state index contributed by atoms with van der Waals surface area (Å²) < 4.78 is 5.26. The molecule has 1 aliphatic rings. The molecule has 0 aliphatic carbocycles. The van der Waals surface area contributed by atoms with E-state index in [9.17, 15) is 0 Å². The highest BCUT2D eigenvalue weighted by Gasteiger charge is 2.02. The van der Waals surface area contributed by atoms with E-state index in [1.54, 1.807) is 0 Å². The molecule has 1 heterocycles. The van der Waals surface area contributed by atoms with E-state index in [2.05, 4.69) is 0 Å². The van der Waals surface area contributed by atoms with Crippen LogP contribution in [-0.4, -0.2) is 18.3 Å². The highest BCUT2D eigenvalue weighted by Crippen LogP contribution is 2.11. The molecule has 0 saturated carbocycles. The molecule has 0 amide bonds. The van der Waals surface area contributed by atoms with Crippen molar-refractivity contribution in [2.45, 2.75) is 13.3 Å². The van der Waals surface area contributed by atoms with E-state index in [4.69, 9.17) is 9.84 Å². The Morgan fingerprint density at radius 1 is 1.60 bits per heavy atom. The molecule has 0 saturated heterocycles. The minimum atomic E-state index is 0.105. The van der Waals surface area contributed by atoms with Crippen LogP contribution in [0.15, 0.2) is 23.5 Å². The molecule has 0 aromatic carbocycles. The van der Waals surface area contributed by atoms with Crippen molar-refractivity contribution in [3.05, 3.63) is 23.5 Å². The summed E-state index contributed by atoms with van der Waals surface area (Å²) in [7, 11) is 0. The maximum Gasteiger partial charge on any atom is 0.111 e. The largest absolute Gasteiger partial charge is 0.494 e. The lowest BCUT2D eigenvalue weighted by Crippen LogP contribution is -2.05. The van der Waals surface area contributed by atoms with Crippen molar-refractivity contribution in [2.75, 3.05) is 13.2 Å². The number of rotatable bonds is 2. The van der Waals surface area contributed by atoms with Gasteiger partial charge in [-0.1, -0.05) is 13.0 Å². The van der Waals surface area contributed by atoms with Crippen molar-refractivity contribution in [1.29, 1.82) is 0 Å². The van der Waals surface area contributed by atoms with Crippen molar-refractivity contribution in [1.82, 2.24) is 0 Å². The summed E-state index contributed by atoms with van der Waals surface area (Å²) in [6.07, 6.45) is 4.76. The molecule has 0 unspecified atom stereocenters. The molecule has 0 aromatic heterocycles. The molecule has 0 bridgehead atoms. The third-order valence-electron chi connectivity index (χ3n) is 1.50. The van der Waals surface area contributed by atoms with Crippen LogP contribution in [0.4, 0.5) is 0 Å². The molecule has 1 rings (SSSR count). The van der Waals surface area contributed by atoms with Gasteiger partial charge in [0.15, 0.2) is 0 Å². The minimum Gasteiger partial charge on any atom is -0.494 e. The first-order valence-electron chi connectivity index (χ1n) is 3.49. The van der Waals surface area contributed by atoms with Crippen LogP contribution < -0.4 is 0 Å². The van der Waals surface area contributed by atoms with Gasteiger partial charge in [-0.3, -0.25) is 0 Å². The molecule has 0 atom stereocenters. The Labute approximate surface area is 60.8 Å². The Balaban J connectivity index is 2.55. The first-order valence-corrected chi connectivity index (χ1v) is 3.49. The topological polar surface area (TPSA) is 29.5 Å². The van der Waals surface area contributed by atoms with Crippen LogP contribution in [0, 0.1) is 0 Å². The van der Waals surface area contributed by atoms with Gasteiger partial charge in [0.05, 0.1) is 12.4 Å². The molecular weight excluding hydrogens is 128 g/mol. The molecule has 2 heteroatoms. The van der Waals surface area contributed by atoms with Gasteiger partial charge in [-0.2, -0.15) is 0 Å². The Hall–Kier alpha value is -0.760. The second-order valence-electron chi connectivity index (χ2n) is 2.26. The summed E-state index contributed by atoms with van der Waals surface area (Å²) >= 11 is 0. The standard InChI is InChI=1S/C8H12O2/c1-2-8-4-3-7(5-9)6-10-8/h3-4,9H,2,5-6H2,1H3. The van der Waals surface area contributed by atoms with Crippen LogP contribution in [-0.2, 0) is 4.74 Å². The zero-order chi connectivity index (χ0) is 7.40. The molecule has 0 fully saturated rings. The lowest BCUT2D eigenvalue weighted by Gasteiger charge is -2.13. The van der Waals surface area contributed by atoms with E-state index in [1.165, 1.54) is 0 Å². The molecular formula is C8H12O2. The number of aliphatic hydroxyl groups excluding tert-OH is 1. The summed E-state index contributed by atoms with van der Waals surface area (Å²) in [5, 5.41) is 8.67. The van der Waals surface area contributed by atoms with Gasteiger partial charge in [0, 0.05) is 6.42 Å². The Bertz CT molecular complexity index is 148. The molecule has 2 nitrogen and oxygen atoms in total. The summed E-state index contributed by atoms with van der Waals surface area (Å²) in [5.41, 5.74) is 0.942. The first-order chi connectivity index (χ1) is 4.86. The lowest BCUT2D eigenvalue weighted by atomic mass is 10.2. The van der Waals surface area contributed by atoms with Crippen molar-refractivity contribution in [3.63, 3.8) is 0 Å². The van der Waals surface area contributed by atoms with Gasteiger partial charge in [-0.05, 0) is 11.6 Å². The van der Waals surface area contributed by atoms with E-state index in [1.807, 2.05) is 19.1 Å². The maximum absolute atomic E-state index is 8.67. The van der Waals surface area contributed by atoms with Crippen molar-refractivity contribution in [3.8, 4) is 0 Å². The summed E-state index contributed by atoms with van der Waals surface area (Å²) in [6.45, 7) is 2.70. The minimum absolute atomic E-state index is 0.105. The second-order valence-corrected chi connectivity index (χ2v) is 2.26. The van der Waals surface area contributed by atoms with Gasteiger partial charge >= 0.3 is 0 Å². The zero-order valence-corrected chi connectivity index (χ0v) is 6.13. The number of ether oxygens (including phenoxy) is 1. The average molecular weight is 140 g/mol. The number of hydrogen-bond acceptors (Lipinski definition) is 2. The van der Waals surface area contributed by atoms with Crippen LogP contribution in [0.2, 0.25) is 0 Å². The van der Waals surface area contributed by atoms with Gasteiger partial charge in [0.25, 0.3) is 0 Å². The van der Waals surface area contributed by atoms with Crippen LogP contribution in [0.5, 0.6) is 0 Å². The lowest BCUT2D eigenvalue weighted by molar-refractivity contribution is 0.207. The normalized spacial score (nSPS) is 17.4. The molecule has 0 aromatic rings. The Morgan fingerprint density at radius 2 is 2.40 bits per heavy atom. The van der Waals surface area contributed by atoms with Gasteiger partial charge in [-0.25, -0.2) is 0 Å². The predicted octanol–water partition coefficient (Wildman–Crippen LogP) is 1.23. The summed E-state index contributed by atoms with van der Waals surface area (Å²) in [4.78, 5) is 0. The van der Waals surface area contributed by atoms with Crippen LogP contribution in [0.1, 0.15) is 13.3 Å². The van der Waals surface area contributed by atoms with E-state index in [0.717, 1.165) is 17.8 Å². The fourth-order valence-corrected chi connectivity index (χ4v) is 0.811. The summed E-state index contributed by atoms with van der Waals surface area (Å²) in [5.74, 6) is 0.997. The van der Waals surface area contributed by atoms with Crippen molar-refractivity contribution < 1.29 is 9.84 Å². The van der Waals surface area contributed by atoms with Crippen molar-refractivity contribution in [2.24, 2.45) is 0 Å². The number of hydrogen-bond donors (Lipinski definition) is 1. The molecule has 1 aliphatic heterocycles. The van der Waals surface area contributed by atoms with E-state index in [-0.39, 0.29) is 6.61 Å². The van der Waals surface area contributed by atoms with Gasteiger partial charge < -0.3 is 9.84 Å². The number of aliphatic hydroxyl groups is 1. The fourth-order valence-electron chi connectivity index (χ4n) is 0.811. The summed E-state index contributed by atoms with van der Waals surface area (Å²) in [6, 6.07) is 0. The van der Waals surface area contributed by atoms with E-state index in [0.29, 0.717) is 6.61 Å². The van der Waals surface area contributed by atoms with Crippen LogP contribution >= 0.6 is 0 Å². The third kappa shape index (κ3) is 1.61. The van der Waals surface area contributed by atoms with Gasteiger partial charge in [0.2, 0.25) is 0 Å². The average Bonchev–Trinajstić information content (AvgIpc) is 2.05. The number of allylic oxidation sites excluding steroid dienone is 3. The smallest absolute Gasteiger partial charge is 0.111 e. The predicted molar refractivity (Wildman–Crippen MR) is 39.5 cm³/mol. The van der Waals surface area contributed by atoms with Crippen molar-refractivity contribution >= 4 is 0 Å². The monoisotopic (exact) mass is 140 g/mol. The fraction of sp³-hybridized carbons (Fsp3) is 0.500. The van der Waals surface area contributed by atoms with Gasteiger partial charge in [0.1, 0.15) is 6.61 Å². The van der Waals surface area contributed by atoms with E-state index >= 15 is 0 Å². The molecule has 56 valence electrons. The second kappa shape index (κ2) is 3.42.